The summed E-state index contributed by atoms with van der Waals surface area (Å²) in [5, 5.41) is 0. The van der Waals surface area contributed by atoms with Crippen LogP contribution in [-0.4, -0.2) is 23.7 Å². The van der Waals surface area contributed by atoms with E-state index in [0.29, 0.717) is 18.8 Å². The van der Waals surface area contributed by atoms with Crippen molar-refractivity contribution in [2.45, 2.75) is 32.7 Å². The van der Waals surface area contributed by atoms with Gasteiger partial charge in [0.25, 0.3) is 0 Å². The lowest BCUT2D eigenvalue weighted by Gasteiger charge is -2.15. The number of halogens is 1. The van der Waals surface area contributed by atoms with E-state index in [1.54, 1.807) is 11.9 Å². The summed E-state index contributed by atoms with van der Waals surface area (Å²) < 4.78 is 5.41. The monoisotopic (exact) mass is 243 g/mol. The van der Waals surface area contributed by atoms with E-state index in [2.05, 4.69) is 0 Å². The van der Waals surface area contributed by atoms with E-state index in [1.165, 1.54) is 0 Å². The predicted molar refractivity (Wildman–Crippen MR) is 64.5 cm³/mol. The average molecular weight is 244 g/mol. The van der Waals surface area contributed by atoms with Crippen molar-refractivity contribution in [3.05, 3.63) is 23.7 Å². The van der Waals surface area contributed by atoms with E-state index in [4.69, 9.17) is 16.0 Å². The smallest absolute Gasteiger partial charge is 0.222 e. The van der Waals surface area contributed by atoms with Gasteiger partial charge < -0.3 is 9.32 Å². The molecule has 0 N–H and O–H groups in total. The molecule has 0 saturated heterocycles. The second kappa shape index (κ2) is 6.59. The van der Waals surface area contributed by atoms with Crippen molar-refractivity contribution >= 4 is 17.5 Å². The van der Waals surface area contributed by atoms with Crippen molar-refractivity contribution < 1.29 is 9.21 Å². The molecule has 0 aromatic carbocycles. The van der Waals surface area contributed by atoms with Crippen LogP contribution in [0.1, 0.15) is 30.8 Å². The Hall–Kier alpha value is -0.960. The quantitative estimate of drug-likeness (QED) is 0.569. The minimum Gasteiger partial charge on any atom is -0.464 e. The molecule has 1 aromatic heterocycles. The number of furan rings is 1. The zero-order valence-electron chi connectivity index (χ0n) is 9.83. The number of unbranched alkanes of at least 4 members (excludes halogenated alkanes) is 1. The molecule has 1 aromatic rings. The summed E-state index contributed by atoms with van der Waals surface area (Å²) in [5.74, 6) is 2.46. The molecule has 0 bridgehead atoms. The molecular formula is C12H18ClNO2. The van der Waals surface area contributed by atoms with Crippen LogP contribution in [0, 0.1) is 6.92 Å². The first-order chi connectivity index (χ1) is 7.63. The third-order valence-corrected chi connectivity index (χ3v) is 2.66. The molecule has 3 nitrogen and oxygen atoms in total. The summed E-state index contributed by atoms with van der Waals surface area (Å²) in [6, 6.07) is 3.80. The number of carbonyl (C=O) groups excluding carboxylic acids is 1. The summed E-state index contributed by atoms with van der Waals surface area (Å²) in [4.78, 5) is 13.4. The van der Waals surface area contributed by atoms with Crippen LogP contribution in [0.5, 0.6) is 0 Å². The zero-order chi connectivity index (χ0) is 12.0. The highest BCUT2D eigenvalue weighted by Crippen LogP contribution is 2.10. The Morgan fingerprint density at radius 2 is 2.19 bits per heavy atom. The molecule has 1 rings (SSSR count). The predicted octanol–water partition coefficient (Wildman–Crippen LogP) is 2.96. The third-order valence-electron chi connectivity index (χ3n) is 2.39. The second-order valence-electron chi connectivity index (χ2n) is 3.91. The summed E-state index contributed by atoms with van der Waals surface area (Å²) in [6.45, 7) is 2.43. The van der Waals surface area contributed by atoms with Crippen LogP contribution in [-0.2, 0) is 11.3 Å². The molecule has 16 heavy (non-hydrogen) atoms. The van der Waals surface area contributed by atoms with Gasteiger partial charge in [0.2, 0.25) is 5.91 Å². The van der Waals surface area contributed by atoms with Crippen LogP contribution in [0.15, 0.2) is 16.5 Å². The molecule has 0 fully saturated rings. The van der Waals surface area contributed by atoms with Gasteiger partial charge in [0.15, 0.2) is 0 Å². The topological polar surface area (TPSA) is 33.5 Å². The van der Waals surface area contributed by atoms with Crippen LogP contribution >= 0.6 is 11.6 Å². The van der Waals surface area contributed by atoms with Crippen LogP contribution in [0.3, 0.4) is 0 Å². The molecule has 1 heterocycles. The molecule has 0 aliphatic heterocycles. The lowest BCUT2D eigenvalue weighted by molar-refractivity contribution is -0.130. The molecule has 1 amide bonds. The number of aryl methyl sites for hydroxylation is 1. The lowest BCUT2D eigenvalue weighted by atomic mass is 10.2. The summed E-state index contributed by atoms with van der Waals surface area (Å²) in [6.07, 6.45) is 2.30. The Morgan fingerprint density at radius 3 is 2.75 bits per heavy atom. The third kappa shape index (κ3) is 4.27. The van der Waals surface area contributed by atoms with Gasteiger partial charge in [-0.25, -0.2) is 0 Å². The fourth-order valence-corrected chi connectivity index (χ4v) is 1.64. The highest BCUT2D eigenvalue weighted by Gasteiger charge is 2.10. The van der Waals surface area contributed by atoms with Gasteiger partial charge in [0, 0.05) is 19.3 Å². The van der Waals surface area contributed by atoms with Gasteiger partial charge in [0.1, 0.15) is 11.5 Å². The summed E-state index contributed by atoms with van der Waals surface area (Å²) in [5.41, 5.74) is 0. The molecular weight excluding hydrogens is 226 g/mol. The molecule has 0 atom stereocenters. The molecule has 0 aliphatic carbocycles. The van der Waals surface area contributed by atoms with Gasteiger partial charge >= 0.3 is 0 Å². The first-order valence-electron chi connectivity index (χ1n) is 5.48. The molecule has 0 saturated carbocycles. The standard InChI is InChI=1S/C12H18ClNO2/c1-10-6-7-11(16-10)9-14(2)12(15)5-3-4-8-13/h6-7H,3-5,8-9H2,1-2H3. The number of hydrogen-bond acceptors (Lipinski definition) is 2. The van der Waals surface area contributed by atoms with Gasteiger partial charge in [-0.15, -0.1) is 11.6 Å². The van der Waals surface area contributed by atoms with Gasteiger partial charge in [-0.3, -0.25) is 4.79 Å². The van der Waals surface area contributed by atoms with Crippen molar-refractivity contribution in [1.29, 1.82) is 0 Å². The van der Waals surface area contributed by atoms with Crippen molar-refractivity contribution in [3.63, 3.8) is 0 Å². The van der Waals surface area contributed by atoms with Crippen molar-refractivity contribution in [2.24, 2.45) is 0 Å². The van der Waals surface area contributed by atoms with Crippen LogP contribution in [0.25, 0.3) is 0 Å². The number of amides is 1. The minimum absolute atomic E-state index is 0.138. The van der Waals surface area contributed by atoms with Crippen LogP contribution in [0.2, 0.25) is 0 Å². The average Bonchev–Trinajstić information content (AvgIpc) is 2.64. The van der Waals surface area contributed by atoms with E-state index in [1.807, 2.05) is 19.1 Å². The summed E-state index contributed by atoms with van der Waals surface area (Å²) >= 11 is 5.56. The van der Waals surface area contributed by atoms with E-state index < -0.39 is 0 Å². The van der Waals surface area contributed by atoms with Crippen molar-refractivity contribution in [2.75, 3.05) is 12.9 Å². The molecule has 0 radical (unpaired) electrons. The Bertz CT molecular complexity index is 336. The van der Waals surface area contributed by atoms with Gasteiger partial charge in [-0.1, -0.05) is 0 Å². The maximum atomic E-state index is 11.7. The number of hydrogen-bond donors (Lipinski definition) is 0. The number of carbonyl (C=O) groups is 1. The van der Waals surface area contributed by atoms with Gasteiger partial charge in [0.05, 0.1) is 6.54 Å². The first-order valence-corrected chi connectivity index (χ1v) is 6.02. The second-order valence-corrected chi connectivity index (χ2v) is 4.29. The molecule has 4 heteroatoms. The Kier molecular flexibility index (Phi) is 5.39. The highest BCUT2D eigenvalue weighted by atomic mass is 35.5. The van der Waals surface area contributed by atoms with Gasteiger partial charge in [-0.05, 0) is 31.9 Å². The SMILES string of the molecule is Cc1ccc(CN(C)C(=O)CCCCCl)o1. The van der Waals surface area contributed by atoms with E-state index in [9.17, 15) is 4.79 Å². The zero-order valence-corrected chi connectivity index (χ0v) is 10.6. The molecule has 0 aliphatic rings. The van der Waals surface area contributed by atoms with E-state index in [-0.39, 0.29) is 5.91 Å². The molecule has 0 unspecified atom stereocenters. The first kappa shape index (κ1) is 13.1. The minimum atomic E-state index is 0.138. The molecule has 0 spiro atoms. The van der Waals surface area contributed by atoms with Crippen molar-refractivity contribution in [1.82, 2.24) is 4.90 Å². The normalized spacial score (nSPS) is 10.4. The Balaban J connectivity index is 2.34. The Morgan fingerprint density at radius 1 is 1.44 bits per heavy atom. The number of alkyl halides is 1. The summed E-state index contributed by atoms with van der Waals surface area (Å²) in [7, 11) is 1.79. The van der Waals surface area contributed by atoms with Gasteiger partial charge in [-0.2, -0.15) is 0 Å². The fraction of sp³-hybridized carbons (Fsp3) is 0.583. The highest BCUT2D eigenvalue weighted by molar-refractivity contribution is 6.17. The van der Waals surface area contributed by atoms with Crippen LogP contribution in [0.4, 0.5) is 0 Å². The van der Waals surface area contributed by atoms with Crippen molar-refractivity contribution in [3.8, 4) is 0 Å². The number of nitrogens with zero attached hydrogens (tertiary/aromatic N) is 1. The molecule has 90 valence electrons. The largest absolute Gasteiger partial charge is 0.464 e. The van der Waals surface area contributed by atoms with E-state index >= 15 is 0 Å². The van der Waals surface area contributed by atoms with Crippen LogP contribution < -0.4 is 0 Å². The van der Waals surface area contributed by atoms with E-state index in [0.717, 1.165) is 24.4 Å². The fourth-order valence-electron chi connectivity index (χ4n) is 1.45. The number of rotatable bonds is 6. The Labute approximate surface area is 101 Å². The maximum Gasteiger partial charge on any atom is 0.222 e. The maximum absolute atomic E-state index is 11.7. The lowest BCUT2D eigenvalue weighted by Crippen LogP contribution is -2.25.